The molecule has 0 heterocycles. The number of allylic oxidation sites excluding steroid dienone is 1. The van der Waals surface area contributed by atoms with Crippen molar-refractivity contribution in [2.75, 3.05) is 0 Å². The van der Waals surface area contributed by atoms with E-state index in [4.69, 9.17) is 5.11 Å². The van der Waals surface area contributed by atoms with Gasteiger partial charge in [-0.1, -0.05) is 6.08 Å². The van der Waals surface area contributed by atoms with E-state index in [1.165, 1.54) is 0 Å². The number of carboxylic acid groups (broad SMARTS) is 1. The summed E-state index contributed by atoms with van der Waals surface area (Å²) in [5.41, 5.74) is -2.55. The molecule has 12 heavy (non-hydrogen) atoms. The zero-order valence-electron chi connectivity index (χ0n) is 6.06. The van der Waals surface area contributed by atoms with Crippen LogP contribution >= 0.6 is 0 Å². The molecule has 0 radical (unpaired) electrons. The van der Waals surface area contributed by atoms with E-state index in [-0.39, 0.29) is 6.42 Å². The van der Waals surface area contributed by atoms with Gasteiger partial charge in [0, 0.05) is 5.92 Å². The summed E-state index contributed by atoms with van der Waals surface area (Å²) in [5, 5.41) is 8.37. The van der Waals surface area contributed by atoms with Crippen LogP contribution in [0.4, 0.5) is 13.2 Å². The Kier molecular flexibility index (Phi) is 1.70. The normalized spacial score (nSPS) is 34.4. The molecular weight excluding hydrogens is 173 g/mol. The van der Waals surface area contributed by atoms with Crippen molar-refractivity contribution in [1.82, 2.24) is 0 Å². The molecule has 0 saturated heterocycles. The smallest absolute Gasteiger partial charge is 0.405 e. The van der Waals surface area contributed by atoms with Gasteiger partial charge in [-0.25, -0.2) is 0 Å². The molecule has 1 fully saturated rings. The van der Waals surface area contributed by atoms with Crippen molar-refractivity contribution in [3.8, 4) is 0 Å². The summed E-state index contributed by atoms with van der Waals surface area (Å²) < 4.78 is 36.5. The lowest BCUT2D eigenvalue weighted by atomic mass is 10.0. The average molecular weight is 180 g/mol. The van der Waals surface area contributed by atoms with Crippen molar-refractivity contribution in [2.24, 2.45) is 11.3 Å². The van der Waals surface area contributed by atoms with Gasteiger partial charge in [0.15, 0.2) is 5.41 Å². The first-order chi connectivity index (χ1) is 5.36. The Morgan fingerprint density at radius 2 is 2.17 bits per heavy atom. The van der Waals surface area contributed by atoms with Crippen LogP contribution in [0.3, 0.4) is 0 Å². The Morgan fingerprint density at radius 1 is 1.67 bits per heavy atom. The molecule has 0 aromatic carbocycles. The molecule has 0 bridgehead atoms. The van der Waals surface area contributed by atoms with Gasteiger partial charge in [0.05, 0.1) is 0 Å². The fourth-order valence-electron chi connectivity index (χ4n) is 1.27. The zero-order valence-corrected chi connectivity index (χ0v) is 6.06. The third-order valence-electron chi connectivity index (χ3n) is 2.19. The number of alkyl halides is 3. The lowest BCUT2D eigenvalue weighted by Crippen LogP contribution is -2.34. The molecule has 0 aromatic rings. The average Bonchev–Trinajstić information content (AvgIpc) is 2.59. The quantitative estimate of drug-likeness (QED) is 0.658. The molecule has 0 aliphatic heterocycles. The molecule has 2 unspecified atom stereocenters. The fraction of sp³-hybridized carbons (Fsp3) is 0.571. The zero-order chi connectivity index (χ0) is 9.57. The summed E-state index contributed by atoms with van der Waals surface area (Å²) in [6, 6.07) is 0. The van der Waals surface area contributed by atoms with E-state index in [2.05, 4.69) is 6.58 Å². The second kappa shape index (κ2) is 2.24. The predicted molar refractivity (Wildman–Crippen MR) is 34.4 cm³/mol. The van der Waals surface area contributed by atoms with Crippen LogP contribution in [0.2, 0.25) is 0 Å². The summed E-state index contributed by atoms with van der Waals surface area (Å²) in [6.45, 7) is 3.15. The Balaban J connectivity index is 2.94. The third-order valence-corrected chi connectivity index (χ3v) is 2.19. The highest BCUT2D eigenvalue weighted by Crippen LogP contribution is 2.63. The van der Waals surface area contributed by atoms with Crippen molar-refractivity contribution in [2.45, 2.75) is 12.6 Å². The van der Waals surface area contributed by atoms with Crippen LogP contribution in [0.25, 0.3) is 0 Å². The van der Waals surface area contributed by atoms with Crippen molar-refractivity contribution >= 4 is 5.97 Å². The van der Waals surface area contributed by atoms with E-state index in [1.807, 2.05) is 0 Å². The van der Waals surface area contributed by atoms with Crippen molar-refractivity contribution in [3.05, 3.63) is 12.7 Å². The predicted octanol–water partition coefficient (Wildman–Crippen LogP) is 1.83. The Labute approximate surface area is 66.7 Å². The van der Waals surface area contributed by atoms with E-state index >= 15 is 0 Å². The van der Waals surface area contributed by atoms with E-state index in [1.54, 1.807) is 0 Å². The van der Waals surface area contributed by atoms with Crippen LogP contribution in [0, 0.1) is 11.3 Å². The Hall–Kier alpha value is -1.00. The van der Waals surface area contributed by atoms with Crippen LogP contribution in [-0.4, -0.2) is 17.3 Å². The van der Waals surface area contributed by atoms with Crippen LogP contribution in [0.1, 0.15) is 6.42 Å². The van der Waals surface area contributed by atoms with Gasteiger partial charge in [0.1, 0.15) is 0 Å². The van der Waals surface area contributed by atoms with Crippen LogP contribution in [0.15, 0.2) is 12.7 Å². The number of rotatable bonds is 2. The molecule has 5 heteroatoms. The topological polar surface area (TPSA) is 37.3 Å². The molecule has 1 rings (SSSR count). The number of hydrogen-bond acceptors (Lipinski definition) is 1. The molecule has 0 aromatic heterocycles. The fourth-order valence-corrected chi connectivity index (χ4v) is 1.27. The first-order valence-corrected chi connectivity index (χ1v) is 3.29. The van der Waals surface area contributed by atoms with Gasteiger partial charge in [0.2, 0.25) is 0 Å². The standard InChI is InChI=1S/C7H7F3O2/c1-2-4-3-6(4,5(11)12)7(8,9)10/h2,4H,1,3H2,(H,11,12). The lowest BCUT2D eigenvalue weighted by Gasteiger charge is -2.14. The summed E-state index contributed by atoms with van der Waals surface area (Å²) in [4.78, 5) is 10.3. The first kappa shape index (κ1) is 9.09. The maximum Gasteiger partial charge on any atom is 0.405 e. The molecule has 0 spiro atoms. The summed E-state index contributed by atoms with van der Waals surface area (Å²) in [6.07, 6.45) is -4.01. The largest absolute Gasteiger partial charge is 0.481 e. The highest BCUT2D eigenvalue weighted by Gasteiger charge is 2.75. The SMILES string of the molecule is C=CC1CC1(C(=O)O)C(F)(F)F. The van der Waals surface area contributed by atoms with Gasteiger partial charge >= 0.3 is 12.1 Å². The minimum absolute atomic E-state index is 0.380. The minimum atomic E-state index is -4.67. The molecule has 1 N–H and O–H groups in total. The van der Waals surface area contributed by atoms with Crippen molar-refractivity contribution in [1.29, 1.82) is 0 Å². The van der Waals surface area contributed by atoms with Crippen molar-refractivity contribution < 1.29 is 23.1 Å². The van der Waals surface area contributed by atoms with Gasteiger partial charge in [-0.05, 0) is 6.42 Å². The van der Waals surface area contributed by atoms with E-state index in [0.717, 1.165) is 6.08 Å². The highest BCUT2D eigenvalue weighted by atomic mass is 19.4. The lowest BCUT2D eigenvalue weighted by molar-refractivity contribution is -0.205. The van der Waals surface area contributed by atoms with Gasteiger partial charge in [-0.15, -0.1) is 6.58 Å². The molecule has 2 atom stereocenters. The maximum absolute atomic E-state index is 12.2. The monoisotopic (exact) mass is 180 g/mol. The molecular formula is C7H7F3O2. The van der Waals surface area contributed by atoms with Gasteiger partial charge < -0.3 is 5.11 Å². The van der Waals surface area contributed by atoms with Gasteiger partial charge in [-0.2, -0.15) is 13.2 Å². The van der Waals surface area contributed by atoms with Crippen molar-refractivity contribution in [3.63, 3.8) is 0 Å². The summed E-state index contributed by atoms with van der Waals surface area (Å²) >= 11 is 0. The van der Waals surface area contributed by atoms with Gasteiger partial charge in [0.25, 0.3) is 0 Å². The second-order valence-corrected chi connectivity index (χ2v) is 2.82. The second-order valence-electron chi connectivity index (χ2n) is 2.82. The number of carboxylic acids is 1. The van der Waals surface area contributed by atoms with E-state index < -0.39 is 23.5 Å². The molecule has 0 amide bonds. The molecule has 68 valence electrons. The maximum atomic E-state index is 12.2. The minimum Gasteiger partial charge on any atom is -0.481 e. The Morgan fingerprint density at radius 3 is 2.25 bits per heavy atom. The summed E-state index contributed by atoms with van der Waals surface area (Å²) in [5.74, 6) is -2.77. The third kappa shape index (κ3) is 0.922. The number of aliphatic carboxylic acids is 1. The molecule has 1 aliphatic carbocycles. The van der Waals surface area contributed by atoms with Crippen LogP contribution < -0.4 is 0 Å². The van der Waals surface area contributed by atoms with Crippen LogP contribution in [0.5, 0.6) is 0 Å². The van der Waals surface area contributed by atoms with E-state index in [9.17, 15) is 18.0 Å². The van der Waals surface area contributed by atoms with E-state index in [0.29, 0.717) is 0 Å². The number of carbonyl (C=O) groups is 1. The number of hydrogen-bond donors (Lipinski definition) is 1. The Bertz CT molecular complexity index is 233. The van der Waals surface area contributed by atoms with Gasteiger partial charge in [-0.3, -0.25) is 4.79 Å². The molecule has 2 nitrogen and oxygen atoms in total. The first-order valence-electron chi connectivity index (χ1n) is 3.29. The molecule has 1 saturated carbocycles. The number of halogens is 3. The molecule has 1 aliphatic rings. The highest BCUT2D eigenvalue weighted by molar-refractivity contribution is 5.80. The summed E-state index contributed by atoms with van der Waals surface area (Å²) in [7, 11) is 0. The van der Waals surface area contributed by atoms with Crippen LogP contribution in [-0.2, 0) is 4.79 Å².